The van der Waals surface area contributed by atoms with Gasteiger partial charge in [-0.3, -0.25) is 4.98 Å². The summed E-state index contributed by atoms with van der Waals surface area (Å²) in [7, 11) is 3.62. The van der Waals surface area contributed by atoms with Gasteiger partial charge >= 0.3 is 0 Å². The molecule has 3 aromatic heterocycles. The van der Waals surface area contributed by atoms with Crippen molar-refractivity contribution in [1.29, 1.82) is 0 Å². The number of aromatic nitrogens is 5. The Balaban J connectivity index is 1.51. The summed E-state index contributed by atoms with van der Waals surface area (Å²) < 4.78 is 7.11. The van der Waals surface area contributed by atoms with Crippen molar-refractivity contribution < 1.29 is 4.74 Å². The van der Waals surface area contributed by atoms with E-state index >= 15 is 0 Å². The van der Waals surface area contributed by atoms with Crippen molar-refractivity contribution in [3.8, 4) is 22.7 Å². The Hall–Kier alpha value is -3.74. The summed E-state index contributed by atoms with van der Waals surface area (Å²) in [6.07, 6.45) is 9.15. The Morgan fingerprint density at radius 1 is 1.07 bits per heavy atom. The topological polar surface area (TPSA) is 69.0 Å². The number of anilines is 1. The molecule has 1 aromatic carbocycles. The van der Waals surface area contributed by atoms with Crippen LogP contribution in [-0.2, 0) is 6.54 Å². The average Bonchev–Trinajstić information content (AvgIpc) is 3.23. The van der Waals surface area contributed by atoms with Crippen LogP contribution in [0, 0.1) is 0 Å². The number of ether oxygens (including phenoxy) is 1. The highest BCUT2D eigenvalue weighted by atomic mass is 16.5. The fourth-order valence-corrected chi connectivity index (χ4v) is 2.89. The van der Waals surface area contributed by atoms with Crippen LogP contribution in [0.4, 0.5) is 5.95 Å². The van der Waals surface area contributed by atoms with Crippen molar-refractivity contribution in [3.05, 3.63) is 79.0 Å². The zero-order chi connectivity index (χ0) is 19.3. The van der Waals surface area contributed by atoms with E-state index in [1.165, 1.54) is 0 Å². The highest BCUT2D eigenvalue weighted by molar-refractivity contribution is 5.58. The number of nitrogens with zero attached hydrogens (tertiary/aromatic N) is 6. The van der Waals surface area contributed by atoms with Crippen LogP contribution in [0.15, 0.2) is 73.4 Å². The third-order valence-corrected chi connectivity index (χ3v) is 4.32. The van der Waals surface area contributed by atoms with Crippen LogP contribution in [0.2, 0.25) is 0 Å². The van der Waals surface area contributed by atoms with E-state index in [1.54, 1.807) is 25.7 Å². The molecular formula is C21H20N6O. The molecule has 0 saturated carbocycles. The van der Waals surface area contributed by atoms with Crippen molar-refractivity contribution in [2.45, 2.75) is 6.54 Å². The third kappa shape index (κ3) is 3.83. The number of pyridine rings is 1. The van der Waals surface area contributed by atoms with E-state index < -0.39 is 0 Å². The van der Waals surface area contributed by atoms with Gasteiger partial charge in [-0.15, -0.1) is 0 Å². The summed E-state index contributed by atoms with van der Waals surface area (Å²) in [5, 5.41) is 4.46. The lowest BCUT2D eigenvalue weighted by atomic mass is 10.2. The Morgan fingerprint density at radius 3 is 2.82 bits per heavy atom. The summed E-state index contributed by atoms with van der Waals surface area (Å²) in [5.41, 5.74) is 3.81. The molecule has 0 aliphatic carbocycles. The van der Waals surface area contributed by atoms with E-state index in [0.29, 0.717) is 12.5 Å². The van der Waals surface area contributed by atoms with E-state index in [4.69, 9.17) is 4.74 Å². The molecule has 4 rings (SSSR count). The molecule has 0 fully saturated rings. The van der Waals surface area contributed by atoms with Crippen LogP contribution < -0.4 is 9.64 Å². The van der Waals surface area contributed by atoms with Crippen LogP contribution in [0.3, 0.4) is 0 Å². The van der Waals surface area contributed by atoms with Gasteiger partial charge in [0.1, 0.15) is 5.75 Å². The monoisotopic (exact) mass is 372 g/mol. The predicted octanol–water partition coefficient (Wildman–Crippen LogP) is 3.37. The fourth-order valence-electron chi connectivity index (χ4n) is 2.89. The quantitative estimate of drug-likeness (QED) is 0.517. The number of methoxy groups -OCH3 is 1. The van der Waals surface area contributed by atoms with Gasteiger partial charge in [0, 0.05) is 55.6 Å². The molecular weight excluding hydrogens is 352 g/mol. The first-order valence-corrected chi connectivity index (χ1v) is 8.85. The van der Waals surface area contributed by atoms with E-state index in [0.717, 1.165) is 28.3 Å². The largest absolute Gasteiger partial charge is 0.497 e. The first-order valence-electron chi connectivity index (χ1n) is 8.85. The average molecular weight is 372 g/mol. The zero-order valence-corrected chi connectivity index (χ0v) is 15.7. The lowest BCUT2D eigenvalue weighted by Gasteiger charge is -2.16. The van der Waals surface area contributed by atoms with Gasteiger partial charge in [-0.1, -0.05) is 6.07 Å². The van der Waals surface area contributed by atoms with E-state index in [-0.39, 0.29) is 0 Å². The molecule has 4 aromatic rings. The molecule has 0 spiro atoms. The van der Waals surface area contributed by atoms with Gasteiger partial charge in [-0.25, -0.2) is 14.6 Å². The fraction of sp³-hybridized carbons (Fsp3) is 0.143. The molecule has 0 N–H and O–H groups in total. The van der Waals surface area contributed by atoms with Gasteiger partial charge < -0.3 is 9.64 Å². The normalized spacial score (nSPS) is 10.6. The molecule has 0 saturated heterocycles. The second kappa shape index (κ2) is 7.87. The van der Waals surface area contributed by atoms with Crippen molar-refractivity contribution in [3.63, 3.8) is 0 Å². The van der Waals surface area contributed by atoms with Gasteiger partial charge in [0.25, 0.3) is 0 Å². The molecule has 0 atom stereocenters. The Morgan fingerprint density at radius 2 is 2.00 bits per heavy atom. The molecule has 140 valence electrons. The highest BCUT2D eigenvalue weighted by Gasteiger charge is 2.10. The second-order valence-electron chi connectivity index (χ2n) is 6.33. The van der Waals surface area contributed by atoms with Gasteiger partial charge in [0.2, 0.25) is 5.95 Å². The minimum Gasteiger partial charge on any atom is -0.497 e. The van der Waals surface area contributed by atoms with Crippen molar-refractivity contribution in [2.24, 2.45) is 0 Å². The van der Waals surface area contributed by atoms with Crippen LogP contribution in [0.1, 0.15) is 5.56 Å². The maximum absolute atomic E-state index is 5.28. The minimum atomic E-state index is 0.639. The highest BCUT2D eigenvalue weighted by Crippen LogP contribution is 2.19. The van der Waals surface area contributed by atoms with Crippen LogP contribution in [0.25, 0.3) is 16.9 Å². The summed E-state index contributed by atoms with van der Waals surface area (Å²) in [6, 6.07) is 13.6. The number of hydrogen-bond acceptors (Lipinski definition) is 6. The second-order valence-corrected chi connectivity index (χ2v) is 6.33. The molecule has 7 heteroatoms. The van der Waals surface area contributed by atoms with E-state index in [2.05, 4.69) is 20.1 Å². The molecule has 7 nitrogen and oxygen atoms in total. The molecule has 0 unspecified atom stereocenters. The van der Waals surface area contributed by atoms with Crippen molar-refractivity contribution in [1.82, 2.24) is 24.7 Å². The summed E-state index contributed by atoms with van der Waals surface area (Å²) in [6.45, 7) is 0.639. The first-order chi connectivity index (χ1) is 13.7. The minimum absolute atomic E-state index is 0.639. The standard InChI is InChI=1S/C21H20N6O/c1-26(21-23-10-8-20(25-21)17-5-4-9-22-13-17)14-16-12-24-27(15-16)18-6-3-7-19(11-18)28-2/h3-13,15H,14H2,1-2H3. The zero-order valence-electron chi connectivity index (χ0n) is 15.7. The number of benzene rings is 1. The van der Waals surface area contributed by atoms with Gasteiger partial charge in [0.05, 0.1) is 24.7 Å². The lowest BCUT2D eigenvalue weighted by molar-refractivity contribution is 0.414. The number of hydrogen-bond donors (Lipinski definition) is 0. The number of rotatable bonds is 6. The third-order valence-electron chi connectivity index (χ3n) is 4.32. The molecule has 0 amide bonds. The smallest absolute Gasteiger partial charge is 0.225 e. The Bertz CT molecular complexity index is 1060. The summed E-state index contributed by atoms with van der Waals surface area (Å²) in [4.78, 5) is 15.2. The maximum Gasteiger partial charge on any atom is 0.225 e. The summed E-state index contributed by atoms with van der Waals surface area (Å²) >= 11 is 0. The predicted molar refractivity (Wildman–Crippen MR) is 107 cm³/mol. The Kier molecular flexibility index (Phi) is 4.97. The van der Waals surface area contributed by atoms with Gasteiger partial charge in [-0.05, 0) is 30.3 Å². The van der Waals surface area contributed by atoms with Crippen LogP contribution >= 0.6 is 0 Å². The van der Waals surface area contributed by atoms with Crippen LogP contribution in [0.5, 0.6) is 5.75 Å². The lowest BCUT2D eigenvalue weighted by Crippen LogP contribution is -2.18. The van der Waals surface area contributed by atoms with E-state index in [9.17, 15) is 0 Å². The van der Waals surface area contributed by atoms with Crippen LogP contribution in [-0.4, -0.2) is 38.9 Å². The molecule has 3 heterocycles. The van der Waals surface area contributed by atoms with Gasteiger partial charge in [0.15, 0.2) is 0 Å². The SMILES string of the molecule is COc1cccc(-n2cc(CN(C)c3nccc(-c4cccnc4)n3)cn2)c1. The van der Waals surface area contributed by atoms with Crippen molar-refractivity contribution >= 4 is 5.95 Å². The van der Waals surface area contributed by atoms with Crippen molar-refractivity contribution in [2.75, 3.05) is 19.1 Å². The van der Waals surface area contributed by atoms with E-state index in [1.807, 2.05) is 71.5 Å². The molecule has 0 bridgehead atoms. The maximum atomic E-state index is 5.28. The molecule has 0 aliphatic rings. The van der Waals surface area contributed by atoms with Gasteiger partial charge in [-0.2, -0.15) is 5.10 Å². The molecule has 0 aliphatic heterocycles. The molecule has 28 heavy (non-hydrogen) atoms. The molecule has 0 radical (unpaired) electrons. The summed E-state index contributed by atoms with van der Waals surface area (Å²) in [5.74, 6) is 1.45. The Labute approximate surface area is 163 Å². The first kappa shape index (κ1) is 17.7.